The normalized spacial score (nSPS) is 10.9. The molecule has 0 amide bonds. The molecule has 1 N–H and O–H groups in total. The minimum Gasteiger partial charge on any atom is -0.455 e. The Balaban J connectivity index is 1.77. The molecule has 0 saturated heterocycles. The van der Waals surface area contributed by atoms with Crippen LogP contribution in [0, 0.1) is 18.3 Å². The van der Waals surface area contributed by atoms with Gasteiger partial charge in [-0.25, -0.2) is 4.98 Å². The maximum absolute atomic E-state index is 9.42. The Morgan fingerprint density at radius 1 is 1.30 bits per heavy atom. The van der Waals surface area contributed by atoms with Gasteiger partial charge in [0.05, 0.1) is 12.8 Å². The van der Waals surface area contributed by atoms with E-state index in [9.17, 15) is 5.26 Å². The number of benzene rings is 1. The number of nitrogens with one attached hydrogen (secondary N) is 1. The van der Waals surface area contributed by atoms with Crippen LogP contribution in [0.5, 0.6) is 0 Å². The first-order valence-electron chi connectivity index (χ1n) is 8.15. The first-order chi connectivity index (χ1) is 13.1. The zero-order valence-corrected chi connectivity index (χ0v) is 15.6. The van der Waals surface area contributed by atoms with Crippen molar-refractivity contribution in [1.29, 1.82) is 5.26 Å². The van der Waals surface area contributed by atoms with Crippen molar-refractivity contribution < 1.29 is 9.15 Å². The summed E-state index contributed by atoms with van der Waals surface area (Å²) in [5.41, 5.74) is 5.66. The number of rotatable bonds is 6. The highest BCUT2D eigenvalue weighted by Crippen LogP contribution is 2.23. The molecule has 27 heavy (non-hydrogen) atoms. The molecule has 0 aliphatic rings. The fourth-order valence-corrected chi connectivity index (χ4v) is 2.69. The number of aromatic nitrogens is 1. The van der Waals surface area contributed by atoms with Crippen molar-refractivity contribution >= 4 is 23.6 Å². The van der Waals surface area contributed by atoms with E-state index in [4.69, 9.17) is 20.8 Å². The number of hydrogen-bond acceptors (Lipinski definition) is 6. The second-order valence-corrected chi connectivity index (χ2v) is 6.21. The van der Waals surface area contributed by atoms with Crippen molar-refractivity contribution in [3.05, 3.63) is 70.1 Å². The van der Waals surface area contributed by atoms with Crippen LogP contribution in [0.2, 0.25) is 5.02 Å². The number of aryl methyl sites for hydroxylation is 1. The Morgan fingerprint density at radius 2 is 2.07 bits per heavy atom. The molecule has 2 aromatic heterocycles. The summed E-state index contributed by atoms with van der Waals surface area (Å²) in [5.74, 6) is 1.66. The maximum Gasteiger partial charge on any atom is 0.164 e. The van der Waals surface area contributed by atoms with E-state index in [1.807, 2.05) is 31.2 Å². The van der Waals surface area contributed by atoms with Crippen LogP contribution in [0.4, 0.5) is 5.82 Å². The van der Waals surface area contributed by atoms with Crippen molar-refractivity contribution in [2.24, 2.45) is 5.10 Å². The molecule has 7 heteroatoms. The lowest BCUT2D eigenvalue weighted by atomic mass is 10.1. The molecular formula is C20H17ClN4O2. The van der Waals surface area contributed by atoms with Gasteiger partial charge in [0.2, 0.25) is 0 Å². The number of methoxy groups -OCH3 is 1. The molecule has 3 aromatic rings. The van der Waals surface area contributed by atoms with Gasteiger partial charge in [-0.05, 0) is 49.4 Å². The summed E-state index contributed by atoms with van der Waals surface area (Å²) < 4.78 is 10.9. The van der Waals surface area contributed by atoms with Gasteiger partial charge in [-0.1, -0.05) is 11.6 Å². The van der Waals surface area contributed by atoms with Crippen LogP contribution >= 0.6 is 11.6 Å². The average molecular weight is 381 g/mol. The number of nitrogens with zero attached hydrogens (tertiary/aromatic N) is 3. The van der Waals surface area contributed by atoms with E-state index in [2.05, 4.69) is 21.6 Å². The molecule has 0 unspecified atom stereocenters. The van der Waals surface area contributed by atoms with E-state index in [0.29, 0.717) is 34.5 Å². The fraction of sp³-hybridized carbons (Fsp3) is 0.150. The Hall–Kier alpha value is -3.14. The van der Waals surface area contributed by atoms with Crippen molar-refractivity contribution in [2.75, 3.05) is 12.5 Å². The first kappa shape index (κ1) is 18.6. The second kappa shape index (κ2) is 8.49. The van der Waals surface area contributed by atoms with Crippen LogP contribution < -0.4 is 5.43 Å². The largest absolute Gasteiger partial charge is 0.455 e. The number of hydrazone groups is 1. The SMILES string of the molecule is COCc1cc(C)nc(N/N=C/c2ccc(-c3ccc(Cl)cc3)o2)c1C#N. The van der Waals surface area contributed by atoms with Gasteiger partial charge in [0.15, 0.2) is 5.82 Å². The average Bonchev–Trinajstić information content (AvgIpc) is 3.11. The monoisotopic (exact) mass is 380 g/mol. The Morgan fingerprint density at radius 3 is 2.78 bits per heavy atom. The Labute approximate surface area is 162 Å². The minimum absolute atomic E-state index is 0.327. The number of halogens is 1. The summed E-state index contributed by atoms with van der Waals surface area (Å²) in [6, 6.07) is 15.0. The van der Waals surface area contributed by atoms with E-state index in [-0.39, 0.29) is 0 Å². The Kier molecular flexibility index (Phi) is 5.87. The van der Waals surface area contributed by atoms with Crippen LogP contribution in [-0.4, -0.2) is 18.3 Å². The molecule has 0 atom stereocenters. The summed E-state index contributed by atoms with van der Waals surface area (Å²) in [6.07, 6.45) is 1.53. The molecule has 0 fully saturated rings. The topological polar surface area (TPSA) is 83.4 Å². The molecule has 0 spiro atoms. The highest BCUT2D eigenvalue weighted by molar-refractivity contribution is 6.30. The fourth-order valence-electron chi connectivity index (χ4n) is 2.56. The lowest BCUT2D eigenvalue weighted by molar-refractivity contribution is 0.184. The minimum atomic E-state index is 0.327. The van der Waals surface area contributed by atoms with Gasteiger partial charge in [-0.3, -0.25) is 5.43 Å². The number of anilines is 1. The number of hydrogen-bond donors (Lipinski definition) is 1. The Bertz CT molecular complexity index is 1000. The third-order valence-corrected chi connectivity index (χ3v) is 4.01. The zero-order chi connectivity index (χ0) is 19.2. The van der Waals surface area contributed by atoms with Gasteiger partial charge in [-0.2, -0.15) is 10.4 Å². The molecular weight excluding hydrogens is 364 g/mol. The smallest absolute Gasteiger partial charge is 0.164 e. The molecule has 0 radical (unpaired) electrons. The maximum atomic E-state index is 9.42. The standard InChI is InChI=1S/C20H17ClN4O2/c1-13-9-15(12-26-2)18(10-22)20(24-13)25-23-11-17-7-8-19(27-17)14-3-5-16(21)6-4-14/h3-9,11H,12H2,1-2H3,(H,24,25)/b23-11+. The number of pyridine rings is 1. The molecule has 0 aliphatic carbocycles. The lowest BCUT2D eigenvalue weighted by Gasteiger charge is -2.08. The van der Waals surface area contributed by atoms with E-state index < -0.39 is 0 Å². The van der Waals surface area contributed by atoms with Crippen molar-refractivity contribution in [3.63, 3.8) is 0 Å². The summed E-state index contributed by atoms with van der Waals surface area (Å²) in [4.78, 5) is 4.33. The van der Waals surface area contributed by atoms with Crippen LogP contribution in [0.1, 0.15) is 22.6 Å². The van der Waals surface area contributed by atoms with Gasteiger partial charge in [0.25, 0.3) is 0 Å². The molecule has 0 aliphatic heterocycles. The summed E-state index contributed by atoms with van der Waals surface area (Å²) in [7, 11) is 1.58. The third-order valence-electron chi connectivity index (χ3n) is 3.76. The number of furan rings is 1. The number of nitriles is 1. The molecule has 0 saturated carbocycles. The molecule has 1 aromatic carbocycles. The summed E-state index contributed by atoms with van der Waals surface area (Å²) in [6.45, 7) is 2.17. The van der Waals surface area contributed by atoms with Crippen molar-refractivity contribution in [3.8, 4) is 17.4 Å². The van der Waals surface area contributed by atoms with Gasteiger partial charge >= 0.3 is 0 Å². The molecule has 6 nitrogen and oxygen atoms in total. The van der Waals surface area contributed by atoms with E-state index in [1.54, 1.807) is 25.3 Å². The molecule has 0 bridgehead atoms. The van der Waals surface area contributed by atoms with Gasteiger partial charge in [0.1, 0.15) is 23.2 Å². The van der Waals surface area contributed by atoms with Crippen LogP contribution in [0.25, 0.3) is 11.3 Å². The highest BCUT2D eigenvalue weighted by Gasteiger charge is 2.11. The predicted molar refractivity (Wildman–Crippen MR) is 105 cm³/mol. The summed E-state index contributed by atoms with van der Waals surface area (Å²) in [5, 5.41) is 14.2. The van der Waals surface area contributed by atoms with Gasteiger partial charge < -0.3 is 9.15 Å². The van der Waals surface area contributed by atoms with Crippen LogP contribution in [0.15, 0.2) is 52.0 Å². The van der Waals surface area contributed by atoms with Crippen LogP contribution in [0.3, 0.4) is 0 Å². The summed E-state index contributed by atoms with van der Waals surface area (Å²) >= 11 is 5.90. The van der Waals surface area contributed by atoms with Gasteiger partial charge in [0, 0.05) is 29.0 Å². The van der Waals surface area contributed by atoms with Gasteiger partial charge in [-0.15, -0.1) is 0 Å². The lowest BCUT2D eigenvalue weighted by Crippen LogP contribution is -2.03. The first-order valence-corrected chi connectivity index (χ1v) is 8.53. The van der Waals surface area contributed by atoms with E-state index in [1.165, 1.54) is 6.21 Å². The zero-order valence-electron chi connectivity index (χ0n) is 14.9. The van der Waals surface area contributed by atoms with Crippen molar-refractivity contribution in [1.82, 2.24) is 4.98 Å². The second-order valence-electron chi connectivity index (χ2n) is 5.77. The quantitative estimate of drug-likeness (QED) is 0.492. The third kappa shape index (κ3) is 4.53. The molecule has 3 rings (SSSR count). The predicted octanol–water partition coefficient (Wildman–Crippen LogP) is 4.77. The van der Waals surface area contributed by atoms with E-state index in [0.717, 1.165) is 16.8 Å². The van der Waals surface area contributed by atoms with Crippen molar-refractivity contribution in [2.45, 2.75) is 13.5 Å². The molecule has 2 heterocycles. The number of ether oxygens (including phenoxy) is 1. The molecule has 136 valence electrons. The van der Waals surface area contributed by atoms with E-state index >= 15 is 0 Å². The highest BCUT2D eigenvalue weighted by atomic mass is 35.5. The van der Waals surface area contributed by atoms with Crippen LogP contribution in [-0.2, 0) is 11.3 Å².